The van der Waals surface area contributed by atoms with Crippen molar-refractivity contribution >= 4 is 5.91 Å². The standard InChI is InChI=1S/C17H27N3O3/c1-22-15-6-5-13(10-16(15)23-2)4-3-8-20-9-7-19-12-14(20)11-17(18)21/h5-6,10,14,19H,3-4,7-9,11-12H2,1-2H3,(H2,18,21). The summed E-state index contributed by atoms with van der Waals surface area (Å²) in [6.45, 7) is 3.72. The lowest BCUT2D eigenvalue weighted by Gasteiger charge is -2.35. The van der Waals surface area contributed by atoms with Crippen molar-refractivity contribution in [1.29, 1.82) is 0 Å². The fourth-order valence-corrected chi connectivity index (χ4v) is 3.05. The summed E-state index contributed by atoms with van der Waals surface area (Å²) in [4.78, 5) is 13.5. The summed E-state index contributed by atoms with van der Waals surface area (Å²) < 4.78 is 10.6. The zero-order valence-electron chi connectivity index (χ0n) is 14.0. The van der Waals surface area contributed by atoms with Gasteiger partial charge in [-0.05, 0) is 37.1 Å². The summed E-state index contributed by atoms with van der Waals surface area (Å²) in [5.41, 5.74) is 6.57. The number of ether oxygens (including phenoxy) is 2. The van der Waals surface area contributed by atoms with Gasteiger partial charge in [0.2, 0.25) is 5.91 Å². The Morgan fingerprint density at radius 1 is 1.35 bits per heavy atom. The summed E-state index contributed by atoms with van der Waals surface area (Å²) in [5.74, 6) is 1.28. The van der Waals surface area contributed by atoms with Crippen LogP contribution in [0.25, 0.3) is 0 Å². The number of carbonyl (C=O) groups is 1. The Balaban J connectivity index is 1.86. The number of methoxy groups -OCH3 is 2. The Bertz CT molecular complexity index is 522. The Kier molecular flexibility index (Phi) is 6.67. The van der Waals surface area contributed by atoms with Crippen LogP contribution in [0, 0.1) is 0 Å². The lowest BCUT2D eigenvalue weighted by molar-refractivity contribution is -0.119. The Morgan fingerprint density at radius 3 is 2.83 bits per heavy atom. The molecule has 1 atom stereocenters. The number of hydrogen-bond donors (Lipinski definition) is 2. The molecule has 1 aromatic carbocycles. The van der Waals surface area contributed by atoms with Crippen LogP contribution in [0.3, 0.4) is 0 Å². The smallest absolute Gasteiger partial charge is 0.219 e. The van der Waals surface area contributed by atoms with Gasteiger partial charge in [-0.25, -0.2) is 0 Å². The average Bonchev–Trinajstić information content (AvgIpc) is 2.55. The predicted molar refractivity (Wildman–Crippen MR) is 89.9 cm³/mol. The Labute approximate surface area is 137 Å². The zero-order valence-corrected chi connectivity index (χ0v) is 14.0. The van der Waals surface area contributed by atoms with Crippen molar-refractivity contribution in [2.24, 2.45) is 5.73 Å². The molecule has 0 aromatic heterocycles. The number of nitrogens with zero attached hydrogens (tertiary/aromatic N) is 1. The fraction of sp³-hybridized carbons (Fsp3) is 0.588. The number of benzene rings is 1. The van der Waals surface area contributed by atoms with Crippen LogP contribution < -0.4 is 20.5 Å². The third-order valence-corrected chi connectivity index (χ3v) is 4.27. The van der Waals surface area contributed by atoms with E-state index in [1.807, 2.05) is 12.1 Å². The van der Waals surface area contributed by atoms with Gasteiger partial charge in [0.05, 0.1) is 14.2 Å². The number of amides is 1. The summed E-state index contributed by atoms with van der Waals surface area (Å²) in [6, 6.07) is 6.25. The van der Waals surface area contributed by atoms with Crippen LogP contribution in [0.5, 0.6) is 11.5 Å². The van der Waals surface area contributed by atoms with Crippen molar-refractivity contribution in [3.05, 3.63) is 23.8 Å². The highest BCUT2D eigenvalue weighted by Crippen LogP contribution is 2.28. The third kappa shape index (κ3) is 5.11. The molecule has 1 fully saturated rings. The van der Waals surface area contributed by atoms with E-state index in [0.717, 1.165) is 50.5 Å². The molecule has 1 unspecified atom stereocenters. The van der Waals surface area contributed by atoms with Crippen molar-refractivity contribution in [2.75, 3.05) is 40.4 Å². The van der Waals surface area contributed by atoms with Gasteiger partial charge in [-0.1, -0.05) is 6.07 Å². The Morgan fingerprint density at radius 2 is 2.13 bits per heavy atom. The van der Waals surface area contributed by atoms with Crippen molar-refractivity contribution in [3.63, 3.8) is 0 Å². The second-order valence-corrected chi connectivity index (χ2v) is 5.86. The van der Waals surface area contributed by atoms with Crippen LogP contribution >= 0.6 is 0 Å². The van der Waals surface area contributed by atoms with E-state index in [2.05, 4.69) is 16.3 Å². The second kappa shape index (κ2) is 8.74. The number of primary amides is 1. The maximum atomic E-state index is 11.2. The van der Waals surface area contributed by atoms with Gasteiger partial charge in [0, 0.05) is 32.1 Å². The minimum Gasteiger partial charge on any atom is -0.493 e. The van der Waals surface area contributed by atoms with E-state index in [1.54, 1.807) is 14.2 Å². The molecule has 23 heavy (non-hydrogen) atoms. The van der Waals surface area contributed by atoms with Gasteiger partial charge >= 0.3 is 0 Å². The first kappa shape index (κ1) is 17.6. The molecule has 1 aliphatic heterocycles. The van der Waals surface area contributed by atoms with Crippen LogP contribution in [0.15, 0.2) is 18.2 Å². The lowest BCUT2D eigenvalue weighted by atomic mass is 10.1. The number of carbonyl (C=O) groups excluding carboxylic acids is 1. The Hall–Kier alpha value is -1.79. The summed E-state index contributed by atoms with van der Waals surface area (Å²) in [5, 5.41) is 3.33. The molecule has 2 rings (SSSR count). The van der Waals surface area contributed by atoms with Crippen molar-refractivity contribution in [3.8, 4) is 11.5 Å². The van der Waals surface area contributed by atoms with Crippen LogP contribution in [-0.4, -0.2) is 57.2 Å². The van der Waals surface area contributed by atoms with Crippen LogP contribution in [0.4, 0.5) is 0 Å². The second-order valence-electron chi connectivity index (χ2n) is 5.86. The predicted octanol–water partition coefficient (Wildman–Crippen LogP) is 0.786. The van der Waals surface area contributed by atoms with E-state index in [9.17, 15) is 4.79 Å². The summed E-state index contributed by atoms with van der Waals surface area (Å²) in [6.07, 6.45) is 2.42. The van der Waals surface area contributed by atoms with Crippen molar-refractivity contribution in [2.45, 2.75) is 25.3 Å². The number of aryl methyl sites for hydroxylation is 1. The molecule has 128 valence electrons. The minimum absolute atomic E-state index is 0.214. The first-order valence-electron chi connectivity index (χ1n) is 8.08. The number of piperazine rings is 1. The van der Waals surface area contributed by atoms with Gasteiger partial charge in [-0.3, -0.25) is 9.69 Å². The molecular weight excluding hydrogens is 294 g/mol. The molecule has 3 N–H and O–H groups in total. The molecule has 0 saturated carbocycles. The zero-order chi connectivity index (χ0) is 16.7. The molecule has 1 heterocycles. The van der Waals surface area contributed by atoms with E-state index in [4.69, 9.17) is 15.2 Å². The summed E-state index contributed by atoms with van der Waals surface area (Å²) >= 11 is 0. The summed E-state index contributed by atoms with van der Waals surface area (Å²) in [7, 11) is 3.29. The van der Waals surface area contributed by atoms with Gasteiger partial charge in [0.25, 0.3) is 0 Å². The molecule has 0 spiro atoms. The molecule has 0 bridgehead atoms. The van der Waals surface area contributed by atoms with E-state index in [0.29, 0.717) is 6.42 Å². The van der Waals surface area contributed by atoms with Gasteiger partial charge in [-0.15, -0.1) is 0 Å². The molecule has 0 radical (unpaired) electrons. The van der Waals surface area contributed by atoms with Crippen LogP contribution in [0.1, 0.15) is 18.4 Å². The normalized spacial score (nSPS) is 18.6. The topological polar surface area (TPSA) is 76.8 Å². The quantitative estimate of drug-likeness (QED) is 0.740. The van der Waals surface area contributed by atoms with Gasteiger partial charge in [0.1, 0.15) is 0 Å². The largest absolute Gasteiger partial charge is 0.493 e. The average molecular weight is 321 g/mol. The highest BCUT2D eigenvalue weighted by Gasteiger charge is 2.23. The maximum Gasteiger partial charge on any atom is 0.219 e. The molecule has 6 heteroatoms. The highest BCUT2D eigenvalue weighted by molar-refractivity contribution is 5.74. The monoisotopic (exact) mass is 321 g/mol. The van der Waals surface area contributed by atoms with Gasteiger partial charge < -0.3 is 20.5 Å². The number of hydrogen-bond acceptors (Lipinski definition) is 5. The van der Waals surface area contributed by atoms with E-state index in [-0.39, 0.29) is 11.9 Å². The number of nitrogens with one attached hydrogen (secondary N) is 1. The van der Waals surface area contributed by atoms with Crippen LogP contribution in [0.2, 0.25) is 0 Å². The highest BCUT2D eigenvalue weighted by atomic mass is 16.5. The van der Waals surface area contributed by atoms with Crippen molar-refractivity contribution in [1.82, 2.24) is 10.2 Å². The molecule has 6 nitrogen and oxygen atoms in total. The molecule has 1 saturated heterocycles. The minimum atomic E-state index is -0.233. The fourth-order valence-electron chi connectivity index (χ4n) is 3.05. The van der Waals surface area contributed by atoms with Crippen molar-refractivity contribution < 1.29 is 14.3 Å². The van der Waals surface area contributed by atoms with Crippen LogP contribution in [-0.2, 0) is 11.2 Å². The number of rotatable bonds is 8. The maximum absolute atomic E-state index is 11.2. The third-order valence-electron chi connectivity index (χ3n) is 4.27. The van der Waals surface area contributed by atoms with E-state index >= 15 is 0 Å². The molecular formula is C17H27N3O3. The first-order chi connectivity index (χ1) is 11.1. The lowest BCUT2D eigenvalue weighted by Crippen LogP contribution is -2.52. The molecule has 1 aliphatic rings. The molecule has 0 aliphatic carbocycles. The number of nitrogens with two attached hydrogens (primary N) is 1. The molecule has 1 amide bonds. The van der Waals surface area contributed by atoms with E-state index in [1.165, 1.54) is 5.56 Å². The van der Waals surface area contributed by atoms with E-state index < -0.39 is 0 Å². The SMILES string of the molecule is COc1ccc(CCCN2CCNCC2CC(N)=O)cc1OC. The van der Waals surface area contributed by atoms with Gasteiger partial charge in [-0.2, -0.15) is 0 Å². The first-order valence-corrected chi connectivity index (χ1v) is 8.08. The van der Waals surface area contributed by atoms with Gasteiger partial charge in [0.15, 0.2) is 11.5 Å². The molecule has 1 aromatic rings.